The maximum atomic E-state index is 4.73. The van der Waals surface area contributed by atoms with Gasteiger partial charge in [-0.3, -0.25) is 0 Å². The zero-order valence-corrected chi connectivity index (χ0v) is 13.1. The highest BCUT2D eigenvalue weighted by Crippen LogP contribution is 2.36. The number of fused-ring (bicyclic) bond motifs is 3. The second-order valence-corrected chi connectivity index (χ2v) is 7.01. The molecule has 4 heteroatoms. The van der Waals surface area contributed by atoms with Gasteiger partial charge in [-0.15, -0.1) is 0 Å². The Kier molecular flexibility index (Phi) is 3.02. The number of hydrogen-bond acceptors (Lipinski definition) is 2. The molecule has 0 atom stereocenters. The number of aromatic nitrogens is 2. The molecule has 0 fully saturated rings. The normalized spacial score (nSPS) is 13.5. The maximum absolute atomic E-state index is 4.73. The van der Waals surface area contributed by atoms with Crippen molar-refractivity contribution < 1.29 is 0 Å². The number of halogens is 1. The van der Waals surface area contributed by atoms with Crippen molar-refractivity contribution in [2.75, 3.05) is 0 Å². The number of nitrogens with zero attached hydrogens (tertiary/aromatic N) is 1. The summed E-state index contributed by atoms with van der Waals surface area (Å²) in [5, 5.41) is 3.46. The molecule has 1 aliphatic carbocycles. The Morgan fingerprint density at radius 1 is 1.37 bits per heavy atom. The molecule has 2 aromatic rings. The summed E-state index contributed by atoms with van der Waals surface area (Å²) >= 11 is 3.52. The molecule has 0 radical (unpaired) electrons. The van der Waals surface area contributed by atoms with Gasteiger partial charge in [-0.25, -0.2) is 4.98 Å². The van der Waals surface area contributed by atoms with E-state index in [-0.39, 0.29) is 5.54 Å². The van der Waals surface area contributed by atoms with Gasteiger partial charge in [0.05, 0.1) is 12.2 Å². The van der Waals surface area contributed by atoms with Gasteiger partial charge in [0, 0.05) is 27.7 Å². The summed E-state index contributed by atoms with van der Waals surface area (Å²) in [6, 6.07) is 6.40. The predicted octanol–water partition coefficient (Wildman–Crippen LogP) is 3.63. The fourth-order valence-electron chi connectivity index (χ4n) is 2.38. The Balaban J connectivity index is 1.85. The highest BCUT2D eigenvalue weighted by molar-refractivity contribution is 9.10. The number of H-pyrrole nitrogens is 1. The van der Waals surface area contributed by atoms with E-state index >= 15 is 0 Å². The van der Waals surface area contributed by atoms with Gasteiger partial charge in [0.2, 0.25) is 0 Å². The van der Waals surface area contributed by atoms with Crippen LogP contribution in [0.15, 0.2) is 22.7 Å². The lowest BCUT2D eigenvalue weighted by molar-refractivity contribution is 0.418. The quantitative estimate of drug-likeness (QED) is 0.757. The van der Waals surface area contributed by atoms with Crippen molar-refractivity contribution in [2.45, 2.75) is 39.3 Å². The summed E-state index contributed by atoms with van der Waals surface area (Å²) in [5.41, 5.74) is 5.07. The van der Waals surface area contributed by atoms with E-state index in [2.05, 4.69) is 65.2 Å². The van der Waals surface area contributed by atoms with Gasteiger partial charge < -0.3 is 10.3 Å². The second kappa shape index (κ2) is 4.46. The van der Waals surface area contributed by atoms with E-state index in [1.54, 1.807) is 0 Å². The van der Waals surface area contributed by atoms with Crippen LogP contribution in [0.2, 0.25) is 0 Å². The van der Waals surface area contributed by atoms with Crippen LogP contribution in [0, 0.1) is 0 Å². The van der Waals surface area contributed by atoms with Crippen LogP contribution in [0.1, 0.15) is 37.9 Å². The monoisotopic (exact) mass is 319 g/mol. The molecular weight excluding hydrogens is 302 g/mol. The minimum absolute atomic E-state index is 0.111. The van der Waals surface area contributed by atoms with E-state index in [1.807, 2.05) is 0 Å². The molecule has 3 nitrogen and oxygen atoms in total. The van der Waals surface area contributed by atoms with Crippen LogP contribution < -0.4 is 5.32 Å². The largest absolute Gasteiger partial charge is 0.344 e. The molecule has 0 saturated heterocycles. The Morgan fingerprint density at radius 2 is 2.16 bits per heavy atom. The van der Waals surface area contributed by atoms with Crippen molar-refractivity contribution in [2.24, 2.45) is 0 Å². The first-order chi connectivity index (χ1) is 8.92. The molecule has 1 aromatic carbocycles. The molecule has 2 N–H and O–H groups in total. The zero-order valence-electron chi connectivity index (χ0n) is 11.5. The van der Waals surface area contributed by atoms with E-state index in [9.17, 15) is 0 Å². The SMILES string of the molecule is CC(C)(C)NCc1nc2c([nH]1)Cc1cc(Br)ccc1-2. The van der Waals surface area contributed by atoms with Crippen molar-refractivity contribution in [3.8, 4) is 11.3 Å². The predicted molar refractivity (Wildman–Crippen MR) is 81.1 cm³/mol. The molecule has 0 unspecified atom stereocenters. The number of hydrogen-bond donors (Lipinski definition) is 2. The van der Waals surface area contributed by atoms with Crippen LogP contribution in [-0.4, -0.2) is 15.5 Å². The van der Waals surface area contributed by atoms with Crippen molar-refractivity contribution in [1.82, 2.24) is 15.3 Å². The first kappa shape index (κ1) is 12.9. The topological polar surface area (TPSA) is 40.7 Å². The van der Waals surface area contributed by atoms with E-state index < -0.39 is 0 Å². The van der Waals surface area contributed by atoms with Crippen molar-refractivity contribution in [3.05, 3.63) is 39.8 Å². The first-order valence-electron chi connectivity index (χ1n) is 6.54. The number of nitrogens with one attached hydrogen (secondary N) is 2. The number of aromatic amines is 1. The average Bonchev–Trinajstić information content (AvgIpc) is 2.81. The van der Waals surface area contributed by atoms with Gasteiger partial charge in [0.15, 0.2) is 0 Å². The van der Waals surface area contributed by atoms with Crippen LogP contribution in [-0.2, 0) is 13.0 Å². The molecule has 1 aromatic heterocycles. The van der Waals surface area contributed by atoms with Gasteiger partial charge in [0.1, 0.15) is 5.82 Å². The smallest absolute Gasteiger partial charge is 0.121 e. The summed E-state index contributed by atoms with van der Waals surface area (Å²) < 4.78 is 1.13. The molecule has 0 spiro atoms. The number of rotatable bonds is 2. The third-order valence-electron chi connectivity index (χ3n) is 3.30. The van der Waals surface area contributed by atoms with E-state index in [0.29, 0.717) is 0 Å². The third-order valence-corrected chi connectivity index (χ3v) is 3.80. The Labute approximate surface area is 122 Å². The van der Waals surface area contributed by atoms with E-state index in [1.165, 1.54) is 16.8 Å². The van der Waals surface area contributed by atoms with Crippen LogP contribution >= 0.6 is 15.9 Å². The van der Waals surface area contributed by atoms with Gasteiger partial charge in [-0.1, -0.05) is 22.0 Å². The molecular formula is C15H18BrN3. The molecule has 0 amide bonds. The van der Waals surface area contributed by atoms with Crippen LogP contribution in [0.5, 0.6) is 0 Å². The van der Waals surface area contributed by atoms with Gasteiger partial charge in [-0.05, 0) is 38.5 Å². The molecule has 1 heterocycles. The molecule has 100 valence electrons. The highest BCUT2D eigenvalue weighted by Gasteiger charge is 2.23. The van der Waals surface area contributed by atoms with E-state index in [4.69, 9.17) is 4.98 Å². The van der Waals surface area contributed by atoms with Gasteiger partial charge in [-0.2, -0.15) is 0 Å². The number of benzene rings is 1. The summed E-state index contributed by atoms with van der Waals surface area (Å²) in [5.74, 6) is 1.02. The average molecular weight is 320 g/mol. The molecule has 0 aliphatic heterocycles. The highest BCUT2D eigenvalue weighted by atomic mass is 79.9. The summed E-state index contributed by atoms with van der Waals surface area (Å²) in [4.78, 5) is 8.18. The zero-order chi connectivity index (χ0) is 13.6. The lowest BCUT2D eigenvalue weighted by Gasteiger charge is -2.19. The Morgan fingerprint density at radius 3 is 2.89 bits per heavy atom. The molecule has 19 heavy (non-hydrogen) atoms. The fraction of sp³-hybridized carbons (Fsp3) is 0.400. The van der Waals surface area contributed by atoms with Crippen molar-refractivity contribution in [1.29, 1.82) is 0 Å². The van der Waals surface area contributed by atoms with Crippen molar-refractivity contribution >= 4 is 15.9 Å². The second-order valence-electron chi connectivity index (χ2n) is 6.09. The first-order valence-corrected chi connectivity index (χ1v) is 7.33. The summed E-state index contributed by atoms with van der Waals surface area (Å²) in [6.45, 7) is 7.27. The van der Waals surface area contributed by atoms with E-state index in [0.717, 1.165) is 29.0 Å². The van der Waals surface area contributed by atoms with Gasteiger partial charge in [0.25, 0.3) is 0 Å². The van der Waals surface area contributed by atoms with Gasteiger partial charge >= 0.3 is 0 Å². The fourth-order valence-corrected chi connectivity index (χ4v) is 2.79. The standard InChI is InChI=1S/C15H18BrN3/c1-15(2,3)17-8-13-18-12-7-9-6-10(16)4-5-11(9)14(12)19-13/h4-6,17H,7-8H2,1-3H3,(H,18,19). The molecule has 0 saturated carbocycles. The minimum Gasteiger partial charge on any atom is -0.344 e. The Bertz CT molecular complexity index is 623. The maximum Gasteiger partial charge on any atom is 0.121 e. The lowest BCUT2D eigenvalue weighted by Crippen LogP contribution is -2.35. The molecule has 0 bridgehead atoms. The number of imidazole rings is 1. The molecule has 3 rings (SSSR count). The van der Waals surface area contributed by atoms with Crippen LogP contribution in [0.3, 0.4) is 0 Å². The van der Waals surface area contributed by atoms with Crippen LogP contribution in [0.25, 0.3) is 11.3 Å². The summed E-state index contributed by atoms with van der Waals surface area (Å²) in [6.07, 6.45) is 0.951. The lowest BCUT2D eigenvalue weighted by atomic mass is 10.1. The Hall–Kier alpha value is -1.13. The third kappa shape index (κ3) is 2.60. The van der Waals surface area contributed by atoms with Crippen LogP contribution in [0.4, 0.5) is 0 Å². The summed E-state index contributed by atoms with van der Waals surface area (Å²) in [7, 11) is 0. The van der Waals surface area contributed by atoms with Crippen molar-refractivity contribution in [3.63, 3.8) is 0 Å². The minimum atomic E-state index is 0.111. The molecule has 1 aliphatic rings.